The van der Waals surface area contributed by atoms with Gasteiger partial charge in [0.25, 0.3) is 0 Å². The summed E-state index contributed by atoms with van der Waals surface area (Å²) in [5.74, 6) is 1.02. The number of amides is 2. The fourth-order valence-corrected chi connectivity index (χ4v) is 6.60. The molecule has 51 heavy (non-hydrogen) atoms. The molecule has 5 aromatic rings. The summed E-state index contributed by atoms with van der Waals surface area (Å²) in [6.45, 7) is 0.141. The summed E-state index contributed by atoms with van der Waals surface area (Å²) in [7, 11) is 3.23. The van der Waals surface area contributed by atoms with Gasteiger partial charge in [0.15, 0.2) is 0 Å². The molecule has 6 rings (SSSR count). The Hall–Kier alpha value is -5.64. The predicted octanol–water partition coefficient (Wildman–Crippen LogP) is 6.42. The van der Waals surface area contributed by atoms with Gasteiger partial charge in [0.1, 0.15) is 23.7 Å². The maximum Gasteiger partial charge on any atom is 0.407 e. The number of ether oxygens (including phenoxy) is 4. The van der Waals surface area contributed by atoms with Crippen LogP contribution < -0.4 is 20.1 Å². The quantitative estimate of drug-likeness (QED) is 0.109. The molecule has 9 nitrogen and oxygen atoms in total. The van der Waals surface area contributed by atoms with Gasteiger partial charge in [0.2, 0.25) is 5.91 Å². The maximum absolute atomic E-state index is 12.7. The third-order valence-electron chi connectivity index (χ3n) is 9.17. The number of fused-ring (bicyclic) bond motifs is 3. The van der Waals surface area contributed by atoms with Crippen molar-refractivity contribution >= 4 is 12.0 Å². The molecule has 3 N–H and O–H groups in total. The zero-order valence-electron chi connectivity index (χ0n) is 28.7. The number of alkyl carbamates (subject to hydrolysis) is 1. The first-order chi connectivity index (χ1) is 24.9. The minimum atomic E-state index is -1.10. The molecule has 0 saturated heterocycles. The van der Waals surface area contributed by atoms with Gasteiger partial charge in [-0.05, 0) is 63.2 Å². The monoisotopic (exact) mass is 686 g/mol. The van der Waals surface area contributed by atoms with E-state index in [1.54, 1.807) is 14.2 Å². The van der Waals surface area contributed by atoms with Crippen LogP contribution in [-0.4, -0.2) is 63.7 Å². The lowest BCUT2D eigenvalue weighted by atomic mass is 9.80. The molecule has 1 aliphatic rings. The van der Waals surface area contributed by atoms with Crippen LogP contribution >= 0.6 is 0 Å². The Morgan fingerprint density at radius 3 is 1.75 bits per heavy atom. The molecule has 0 aliphatic heterocycles. The third kappa shape index (κ3) is 7.90. The van der Waals surface area contributed by atoms with Crippen molar-refractivity contribution in [1.82, 2.24) is 10.6 Å². The highest BCUT2D eigenvalue weighted by atomic mass is 16.5. The van der Waals surface area contributed by atoms with E-state index in [4.69, 9.17) is 18.9 Å². The average Bonchev–Trinajstić information content (AvgIpc) is 3.50. The molecule has 2 amide bonds. The second kappa shape index (κ2) is 16.4. The molecule has 5 aromatic carbocycles. The zero-order chi connectivity index (χ0) is 35.6. The first-order valence-electron chi connectivity index (χ1n) is 16.9. The van der Waals surface area contributed by atoms with Crippen LogP contribution in [0.25, 0.3) is 11.1 Å². The number of carbonyl (C=O) groups is 2. The Morgan fingerprint density at radius 1 is 0.686 bits per heavy atom. The lowest BCUT2D eigenvalue weighted by Gasteiger charge is -2.36. The molecule has 0 fully saturated rings. The van der Waals surface area contributed by atoms with E-state index >= 15 is 0 Å². The molecule has 0 radical (unpaired) electrons. The van der Waals surface area contributed by atoms with Crippen LogP contribution in [-0.2, 0) is 19.9 Å². The topological polar surface area (TPSA) is 115 Å². The summed E-state index contributed by atoms with van der Waals surface area (Å²) in [4.78, 5) is 25.2. The van der Waals surface area contributed by atoms with Crippen molar-refractivity contribution in [2.24, 2.45) is 0 Å². The smallest absolute Gasteiger partial charge is 0.407 e. The third-order valence-corrected chi connectivity index (χ3v) is 9.17. The van der Waals surface area contributed by atoms with Crippen molar-refractivity contribution in [1.29, 1.82) is 0 Å². The van der Waals surface area contributed by atoms with Crippen molar-refractivity contribution in [3.63, 3.8) is 0 Å². The fraction of sp³-hybridized carbons (Fsp3) is 0.238. The molecular weight excluding hydrogens is 644 g/mol. The number of methoxy groups -OCH3 is 2. The van der Waals surface area contributed by atoms with Gasteiger partial charge < -0.3 is 34.7 Å². The lowest BCUT2D eigenvalue weighted by molar-refractivity contribution is -0.121. The number of hydrogen-bond donors (Lipinski definition) is 3. The molecule has 262 valence electrons. The fourth-order valence-electron chi connectivity index (χ4n) is 6.60. The van der Waals surface area contributed by atoms with E-state index in [1.165, 1.54) is 0 Å². The molecule has 0 saturated carbocycles. The van der Waals surface area contributed by atoms with E-state index in [0.29, 0.717) is 11.5 Å². The predicted molar refractivity (Wildman–Crippen MR) is 195 cm³/mol. The Bertz CT molecular complexity index is 1820. The molecule has 1 aliphatic carbocycles. The normalized spacial score (nSPS) is 12.7. The summed E-state index contributed by atoms with van der Waals surface area (Å²) in [6, 6.07) is 41.3. The van der Waals surface area contributed by atoms with Crippen molar-refractivity contribution in [2.45, 2.75) is 24.0 Å². The summed E-state index contributed by atoms with van der Waals surface area (Å²) in [5.41, 5.74) is 5.97. The number of aliphatic hydroxyl groups is 1. The Labute approximate surface area is 298 Å². The van der Waals surface area contributed by atoms with Gasteiger partial charge in [-0.15, -0.1) is 0 Å². The Morgan fingerprint density at radius 2 is 1.20 bits per heavy atom. The SMILES string of the molecule is COc1ccc(C(OC[C@@H](O)CNC(=O)CCNC(=O)OCC2c3ccccc3-c3ccccc32)(c2ccccc2)c2ccc(OC)cc2)cc1. The van der Waals surface area contributed by atoms with Crippen LogP contribution in [0.5, 0.6) is 11.5 Å². The number of nitrogens with one attached hydrogen (secondary N) is 2. The highest BCUT2D eigenvalue weighted by Gasteiger charge is 2.38. The molecule has 0 bridgehead atoms. The van der Waals surface area contributed by atoms with Crippen LogP contribution in [0, 0.1) is 0 Å². The second-order valence-corrected chi connectivity index (χ2v) is 12.3. The van der Waals surface area contributed by atoms with Crippen LogP contribution in [0.4, 0.5) is 4.79 Å². The van der Waals surface area contributed by atoms with E-state index in [1.807, 2.05) is 103 Å². The number of rotatable bonds is 15. The molecule has 0 heterocycles. The van der Waals surface area contributed by atoms with Gasteiger partial charge in [-0.1, -0.05) is 103 Å². The largest absolute Gasteiger partial charge is 0.497 e. The van der Waals surface area contributed by atoms with E-state index in [-0.39, 0.29) is 44.5 Å². The van der Waals surface area contributed by atoms with Crippen molar-refractivity contribution in [2.75, 3.05) is 40.5 Å². The van der Waals surface area contributed by atoms with Gasteiger partial charge in [-0.2, -0.15) is 0 Å². The Balaban J connectivity index is 1.03. The van der Waals surface area contributed by atoms with E-state index in [9.17, 15) is 14.7 Å². The van der Waals surface area contributed by atoms with Crippen LogP contribution in [0.1, 0.15) is 40.2 Å². The number of carbonyl (C=O) groups excluding carboxylic acids is 2. The first-order valence-corrected chi connectivity index (χ1v) is 16.9. The first kappa shape index (κ1) is 35.2. The zero-order valence-corrected chi connectivity index (χ0v) is 28.7. The highest BCUT2D eigenvalue weighted by molar-refractivity contribution is 5.79. The van der Waals surface area contributed by atoms with Gasteiger partial charge in [0, 0.05) is 25.4 Å². The Kier molecular flexibility index (Phi) is 11.3. The van der Waals surface area contributed by atoms with Crippen LogP contribution in [0.2, 0.25) is 0 Å². The molecule has 0 spiro atoms. The maximum atomic E-state index is 12.7. The molecule has 9 heteroatoms. The van der Waals surface area contributed by atoms with Gasteiger partial charge in [-0.3, -0.25) is 4.79 Å². The summed E-state index contributed by atoms with van der Waals surface area (Å²) in [6.07, 6.45) is -1.60. The number of hydrogen-bond acceptors (Lipinski definition) is 7. The van der Waals surface area contributed by atoms with Crippen molar-refractivity contribution in [3.8, 4) is 22.6 Å². The molecular formula is C42H42N2O7. The summed E-state index contributed by atoms with van der Waals surface area (Å²) >= 11 is 0. The second-order valence-electron chi connectivity index (χ2n) is 12.3. The van der Waals surface area contributed by atoms with E-state index in [2.05, 4.69) is 34.9 Å². The van der Waals surface area contributed by atoms with Crippen LogP contribution in [0.15, 0.2) is 127 Å². The lowest BCUT2D eigenvalue weighted by Crippen LogP contribution is -2.40. The van der Waals surface area contributed by atoms with Gasteiger partial charge in [0.05, 0.1) is 26.9 Å². The minimum Gasteiger partial charge on any atom is -0.497 e. The molecule has 1 atom stereocenters. The highest BCUT2D eigenvalue weighted by Crippen LogP contribution is 2.45. The van der Waals surface area contributed by atoms with Gasteiger partial charge in [-0.25, -0.2) is 4.79 Å². The minimum absolute atomic E-state index is 0.0173. The van der Waals surface area contributed by atoms with Crippen molar-refractivity contribution < 1.29 is 33.6 Å². The van der Waals surface area contributed by atoms with E-state index < -0.39 is 17.8 Å². The van der Waals surface area contributed by atoms with Crippen LogP contribution in [0.3, 0.4) is 0 Å². The summed E-state index contributed by atoms with van der Waals surface area (Å²) in [5, 5.41) is 16.4. The number of benzene rings is 5. The average molecular weight is 687 g/mol. The standard InChI is InChI=1S/C42H42N2O7/c1-48-33-20-16-30(17-21-33)42(29-10-4-3-5-11-29,31-18-22-34(49-2)23-19-31)51-27-32(45)26-44-40(46)24-25-43-41(47)50-28-39-37-14-8-6-12-35(37)36-13-7-9-15-38(36)39/h3-23,32,39,45H,24-28H2,1-2H3,(H,43,47)(H,44,46)/t32-/m0/s1. The van der Waals surface area contributed by atoms with Gasteiger partial charge >= 0.3 is 6.09 Å². The molecule has 0 aromatic heterocycles. The number of aliphatic hydroxyl groups excluding tert-OH is 1. The molecule has 0 unspecified atom stereocenters. The van der Waals surface area contributed by atoms with Crippen molar-refractivity contribution in [3.05, 3.63) is 155 Å². The summed E-state index contributed by atoms with van der Waals surface area (Å²) < 4.78 is 23.1. The van der Waals surface area contributed by atoms with E-state index in [0.717, 1.165) is 38.9 Å².